The van der Waals surface area contributed by atoms with Crippen molar-refractivity contribution in [3.8, 4) is 11.4 Å². The molecule has 0 unspecified atom stereocenters. The van der Waals surface area contributed by atoms with Crippen LogP contribution in [-0.4, -0.2) is 58.4 Å². The summed E-state index contributed by atoms with van der Waals surface area (Å²) in [4.78, 5) is 16.4. The summed E-state index contributed by atoms with van der Waals surface area (Å²) in [6, 6.07) is 8.32. The molecule has 2 aromatic carbocycles. The first-order valence-corrected chi connectivity index (χ1v) is 13.6. The highest BCUT2D eigenvalue weighted by molar-refractivity contribution is 7.90. The summed E-state index contributed by atoms with van der Waals surface area (Å²) >= 11 is 0. The van der Waals surface area contributed by atoms with Gasteiger partial charge in [-0.15, -0.1) is 0 Å². The van der Waals surface area contributed by atoms with E-state index in [4.69, 9.17) is 9.72 Å². The fraction of sp³-hybridized carbons (Fsp3) is 0.385. The highest BCUT2D eigenvalue weighted by Crippen LogP contribution is 2.41. The Hall–Kier alpha value is -3.31. The van der Waals surface area contributed by atoms with Crippen LogP contribution >= 0.6 is 0 Å². The molecule has 8 nitrogen and oxygen atoms in total. The monoisotopic (exact) mass is 531 g/mol. The van der Waals surface area contributed by atoms with Gasteiger partial charge in [-0.25, -0.2) is 30.9 Å². The molecule has 0 saturated carbocycles. The fourth-order valence-corrected chi connectivity index (χ4v) is 6.50. The normalized spacial score (nSPS) is 15.4. The first-order chi connectivity index (χ1) is 17.5. The lowest BCUT2D eigenvalue weighted by Gasteiger charge is -2.23. The molecule has 0 radical (unpaired) electrons. The van der Waals surface area contributed by atoms with E-state index in [0.717, 1.165) is 0 Å². The predicted molar refractivity (Wildman–Crippen MR) is 136 cm³/mol. The van der Waals surface area contributed by atoms with Crippen molar-refractivity contribution in [1.82, 2.24) is 13.5 Å². The van der Waals surface area contributed by atoms with E-state index in [1.807, 2.05) is 4.57 Å². The van der Waals surface area contributed by atoms with E-state index < -0.39 is 34.8 Å². The first kappa shape index (κ1) is 25.3. The van der Waals surface area contributed by atoms with Gasteiger partial charge in [0.05, 0.1) is 34.5 Å². The standard InChI is InChI=1S/C26H27F2N3O5S/c1-4-37(34,35)31-20-7-5-16(13-18(20)19-14-26(27,28)10-9-21(19)31)24-29-23-15(2)17(25(32)33)6-8-22(23)30(24)11-12-36-3/h5-8,13H,4,9-12,14H2,1-3H3,(H,32,33). The third-order valence-corrected chi connectivity index (χ3v) is 8.82. The van der Waals surface area contributed by atoms with Crippen LogP contribution in [0.4, 0.5) is 8.78 Å². The molecule has 11 heteroatoms. The summed E-state index contributed by atoms with van der Waals surface area (Å²) in [5, 5.41) is 10.0. The van der Waals surface area contributed by atoms with Crippen LogP contribution < -0.4 is 0 Å². The largest absolute Gasteiger partial charge is 0.478 e. The van der Waals surface area contributed by atoms with Crippen LogP contribution in [0.15, 0.2) is 30.3 Å². The number of halogens is 2. The third-order valence-electron chi connectivity index (χ3n) is 7.12. The number of hydrogen-bond acceptors (Lipinski definition) is 5. The molecule has 2 aromatic heterocycles. The summed E-state index contributed by atoms with van der Waals surface area (Å²) in [5.41, 5.74) is 3.63. The zero-order chi connectivity index (χ0) is 26.7. The van der Waals surface area contributed by atoms with Gasteiger partial charge in [-0.05, 0) is 61.7 Å². The predicted octanol–water partition coefficient (Wildman–Crippen LogP) is 4.63. The fourth-order valence-electron chi connectivity index (χ4n) is 5.25. The SMILES string of the molecule is CCS(=O)(=O)n1c2c(c3cc(-c4nc5c(C)c(C(=O)O)ccc5n4CCOC)ccc31)CC(F)(F)CC2. The van der Waals surface area contributed by atoms with Gasteiger partial charge in [-0.3, -0.25) is 0 Å². The quantitative estimate of drug-likeness (QED) is 0.373. The Balaban J connectivity index is 1.79. The smallest absolute Gasteiger partial charge is 0.336 e. The second-order valence-electron chi connectivity index (χ2n) is 9.35. The average Bonchev–Trinajstić information content (AvgIpc) is 3.38. The van der Waals surface area contributed by atoms with E-state index in [1.165, 1.54) is 17.0 Å². The number of methoxy groups -OCH3 is 1. The number of carboxylic acid groups (broad SMARTS) is 1. The molecular formula is C26H27F2N3O5S. The summed E-state index contributed by atoms with van der Waals surface area (Å²) in [7, 11) is -2.15. The maximum Gasteiger partial charge on any atom is 0.336 e. The van der Waals surface area contributed by atoms with Gasteiger partial charge in [0.15, 0.2) is 0 Å². The number of carboxylic acids is 1. The van der Waals surface area contributed by atoms with Crippen LogP contribution in [0.2, 0.25) is 0 Å². The number of benzene rings is 2. The van der Waals surface area contributed by atoms with Crippen molar-refractivity contribution in [2.24, 2.45) is 0 Å². The molecule has 196 valence electrons. The number of alkyl halides is 2. The van der Waals surface area contributed by atoms with E-state index in [1.54, 1.807) is 38.3 Å². The topological polar surface area (TPSA) is 103 Å². The lowest BCUT2D eigenvalue weighted by atomic mass is 9.92. The van der Waals surface area contributed by atoms with Gasteiger partial charge in [0.25, 0.3) is 5.92 Å². The van der Waals surface area contributed by atoms with Crippen molar-refractivity contribution >= 4 is 37.9 Å². The molecule has 4 aromatic rings. The van der Waals surface area contributed by atoms with Crippen molar-refractivity contribution < 1.29 is 31.8 Å². The summed E-state index contributed by atoms with van der Waals surface area (Å²) in [5.74, 6) is -3.62. The molecule has 37 heavy (non-hydrogen) atoms. The van der Waals surface area contributed by atoms with E-state index in [2.05, 4.69) is 0 Å². The number of nitrogens with zero attached hydrogens (tertiary/aromatic N) is 3. The molecule has 1 aliphatic rings. The van der Waals surface area contributed by atoms with Crippen molar-refractivity contribution in [3.05, 3.63) is 52.7 Å². The molecule has 0 spiro atoms. The molecule has 0 fully saturated rings. The number of aromatic carboxylic acids is 1. The van der Waals surface area contributed by atoms with Gasteiger partial charge in [-0.2, -0.15) is 0 Å². The van der Waals surface area contributed by atoms with Crippen LogP contribution in [0.5, 0.6) is 0 Å². The molecule has 0 bridgehead atoms. The Morgan fingerprint density at radius 2 is 1.95 bits per heavy atom. The van der Waals surface area contributed by atoms with Crippen LogP contribution in [0.25, 0.3) is 33.3 Å². The molecule has 0 atom stereocenters. The van der Waals surface area contributed by atoms with E-state index in [-0.39, 0.29) is 17.7 Å². The van der Waals surface area contributed by atoms with E-state index in [9.17, 15) is 27.1 Å². The number of rotatable bonds is 7. The second kappa shape index (κ2) is 8.91. The highest BCUT2D eigenvalue weighted by atomic mass is 32.2. The Morgan fingerprint density at radius 3 is 2.62 bits per heavy atom. The number of aryl methyl sites for hydroxylation is 1. The minimum Gasteiger partial charge on any atom is -0.478 e. The van der Waals surface area contributed by atoms with Crippen LogP contribution in [0.1, 0.15) is 40.5 Å². The average molecular weight is 532 g/mol. The molecule has 2 heterocycles. The number of aromatic nitrogens is 3. The summed E-state index contributed by atoms with van der Waals surface area (Å²) < 4.78 is 63.3. The van der Waals surface area contributed by atoms with Crippen LogP contribution in [0, 0.1) is 6.92 Å². The zero-order valence-corrected chi connectivity index (χ0v) is 21.5. The van der Waals surface area contributed by atoms with E-state index in [0.29, 0.717) is 63.3 Å². The number of carbonyl (C=O) groups is 1. The Bertz CT molecular complexity index is 1670. The number of ether oxygens (including phenoxy) is 1. The van der Waals surface area contributed by atoms with Crippen molar-refractivity contribution in [1.29, 1.82) is 0 Å². The Kier molecular flexibility index (Phi) is 6.11. The summed E-state index contributed by atoms with van der Waals surface area (Å²) in [6.07, 6.45) is -0.967. The molecule has 5 rings (SSSR count). The molecular weight excluding hydrogens is 504 g/mol. The van der Waals surface area contributed by atoms with Gasteiger partial charge in [-0.1, -0.05) is 0 Å². The maximum atomic E-state index is 14.5. The number of fused-ring (bicyclic) bond motifs is 4. The van der Waals surface area contributed by atoms with E-state index >= 15 is 0 Å². The Labute approximate surface area is 212 Å². The Morgan fingerprint density at radius 1 is 1.22 bits per heavy atom. The number of hydrogen-bond donors (Lipinski definition) is 1. The van der Waals surface area contributed by atoms with Crippen molar-refractivity contribution in [2.75, 3.05) is 19.5 Å². The van der Waals surface area contributed by atoms with Gasteiger partial charge in [0.1, 0.15) is 5.82 Å². The van der Waals surface area contributed by atoms with Gasteiger partial charge in [0.2, 0.25) is 10.0 Å². The third kappa shape index (κ3) is 4.10. The zero-order valence-electron chi connectivity index (χ0n) is 20.7. The maximum absolute atomic E-state index is 14.5. The molecule has 0 amide bonds. The van der Waals surface area contributed by atoms with Crippen LogP contribution in [-0.2, 0) is 34.1 Å². The minimum absolute atomic E-state index is 0.0327. The molecule has 1 aliphatic carbocycles. The highest BCUT2D eigenvalue weighted by Gasteiger charge is 2.39. The number of imidazole rings is 1. The van der Waals surface area contributed by atoms with Gasteiger partial charge in [0, 0.05) is 43.1 Å². The lowest BCUT2D eigenvalue weighted by Crippen LogP contribution is -2.28. The minimum atomic E-state index is -3.72. The van der Waals surface area contributed by atoms with Gasteiger partial charge >= 0.3 is 5.97 Å². The van der Waals surface area contributed by atoms with Crippen molar-refractivity contribution in [3.63, 3.8) is 0 Å². The molecule has 0 saturated heterocycles. The molecule has 0 aliphatic heterocycles. The lowest BCUT2D eigenvalue weighted by molar-refractivity contribution is -0.0122. The molecule has 1 N–H and O–H groups in total. The van der Waals surface area contributed by atoms with Crippen molar-refractivity contribution in [2.45, 2.75) is 45.6 Å². The second-order valence-corrected chi connectivity index (χ2v) is 11.5. The first-order valence-electron chi connectivity index (χ1n) is 12.0. The van der Waals surface area contributed by atoms with Crippen LogP contribution in [0.3, 0.4) is 0 Å². The van der Waals surface area contributed by atoms with Gasteiger partial charge < -0.3 is 14.4 Å². The summed E-state index contributed by atoms with van der Waals surface area (Å²) in [6.45, 7) is 4.02.